The summed E-state index contributed by atoms with van der Waals surface area (Å²) in [6.07, 6.45) is 10.7. The molecule has 1 aliphatic rings. The molecular weight excluding hydrogens is 358 g/mol. The Balaban J connectivity index is 1.58. The van der Waals surface area contributed by atoms with Gasteiger partial charge in [0.25, 0.3) is 0 Å². The Kier molecular flexibility index (Phi) is 4.48. The van der Waals surface area contributed by atoms with Crippen molar-refractivity contribution in [2.45, 2.75) is 26.3 Å². The van der Waals surface area contributed by atoms with Crippen molar-refractivity contribution >= 4 is 40.8 Å². The molecule has 0 atom stereocenters. The molecule has 0 radical (unpaired) electrons. The highest BCUT2D eigenvalue weighted by molar-refractivity contribution is 5.91. The number of aryl methyl sites for hydroxylation is 1. The first-order chi connectivity index (χ1) is 14.3. The second-order valence-electron chi connectivity index (χ2n) is 7.13. The van der Waals surface area contributed by atoms with Gasteiger partial charge in [0, 0.05) is 40.3 Å². The number of aromatic amines is 1. The number of H-pyrrole nitrogens is 1. The first-order valence-corrected chi connectivity index (χ1v) is 10.1. The Morgan fingerprint density at radius 2 is 1.97 bits per heavy atom. The average Bonchev–Trinajstić information content (AvgIpc) is 3.41. The summed E-state index contributed by atoms with van der Waals surface area (Å²) in [5.41, 5.74) is 3.33. The molecule has 4 aromatic rings. The minimum absolute atomic E-state index is 0.756. The summed E-state index contributed by atoms with van der Waals surface area (Å²) in [4.78, 5) is 0. The first kappa shape index (κ1) is 17.5. The quantitative estimate of drug-likeness (QED) is 0.421. The van der Waals surface area contributed by atoms with Gasteiger partial charge in [0.2, 0.25) is 0 Å². The summed E-state index contributed by atoms with van der Waals surface area (Å²) in [5, 5.41) is 17.8. The number of hydrogen-bond acceptors (Lipinski definition) is 3. The van der Waals surface area contributed by atoms with Gasteiger partial charge < -0.3 is 4.57 Å². The topological polar surface area (TPSA) is 49.2 Å². The van der Waals surface area contributed by atoms with Gasteiger partial charge in [-0.1, -0.05) is 36.4 Å². The fraction of sp³-hybridized carbons (Fsp3) is 0.167. The number of benzene rings is 2. The molecule has 5 nitrogen and oxygen atoms in total. The lowest BCUT2D eigenvalue weighted by atomic mass is 10.1. The third kappa shape index (κ3) is 3.14. The maximum Gasteiger partial charge on any atom is 0.175 e. The smallest absolute Gasteiger partial charge is 0.175 e. The molecule has 144 valence electrons. The molecule has 0 saturated carbocycles. The molecule has 1 N–H and O–H groups in total. The lowest BCUT2D eigenvalue weighted by Crippen LogP contribution is -2.30. The van der Waals surface area contributed by atoms with E-state index in [1.807, 2.05) is 47.6 Å². The summed E-state index contributed by atoms with van der Waals surface area (Å²) >= 11 is 0. The minimum atomic E-state index is 0.756. The molecule has 0 saturated heterocycles. The zero-order valence-electron chi connectivity index (χ0n) is 16.4. The van der Waals surface area contributed by atoms with Gasteiger partial charge in [-0.05, 0) is 49.6 Å². The van der Waals surface area contributed by atoms with Crippen LogP contribution in [-0.4, -0.2) is 21.0 Å². The van der Waals surface area contributed by atoms with E-state index in [1.54, 1.807) is 6.20 Å². The molecule has 2 aromatic heterocycles. The molecule has 1 aliphatic carbocycles. The van der Waals surface area contributed by atoms with Crippen molar-refractivity contribution in [3.05, 3.63) is 76.9 Å². The summed E-state index contributed by atoms with van der Waals surface area (Å²) in [5.74, 6) is 0.756. The Hall–Kier alpha value is -3.60. The number of para-hydroxylation sites is 1. The molecule has 0 amide bonds. The molecular formula is C24H23N5. The number of anilines is 2. The summed E-state index contributed by atoms with van der Waals surface area (Å²) in [6.45, 7) is 3.18. The molecule has 0 unspecified atom stereocenters. The van der Waals surface area contributed by atoms with E-state index >= 15 is 0 Å². The number of fused-ring (bicyclic) bond motifs is 3. The van der Waals surface area contributed by atoms with E-state index in [0.717, 1.165) is 36.5 Å². The third-order valence-corrected chi connectivity index (χ3v) is 5.36. The van der Waals surface area contributed by atoms with Gasteiger partial charge in [0.1, 0.15) is 0 Å². The molecule has 5 rings (SSSR count). The van der Waals surface area contributed by atoms with E-state index in [0.29, 0.717) is 0 Å². The van der Waals surface area contributed by atoms with E-state index in [9.17, 15) is 0 Å². The Morgan fingerprint density at radius 3 is 2.76 bits per heavy atom. The highest BCUT2D eigenvalue weighted by atomic mass is 15.5. The predicted octanol–water partition coefficient (Wildman–Crippen LogP) is 3.91. The van der Waals surface area contributed by atoms with Crippen molar-refractivity contribution in [2.75, 3.05) is 5.01 Å². The van der Waals surface area contributed by atoms with Crippen LogP contribution in [0, 0.1) is 0 Å². The van der Waals surface area contributed by atoms with E-state index in [1.165, 1.54) is 21.5 Å². The van der Waals surface area contributed by atoms with Crippen LogP contribution in [0.4, 0.5) is 11.5 Å². The second kappa shape index (κ2) is 7.43. The zero-order valence-corrected chi connectivity index (χ0v) is 16.4. The fourth-order valence-electron chi connectivity index (χ4n) is 4.04. The van der Waals surface area contributed by atoms with Crippen LogP contribution in [0.1, 0.15) is 25.3 Å². The largest absolute Gasteiger partial charge is 0.341 e. The fourth-order valence-corrected chi connectivity index (χ4v) is 4.04. The number of hydrogen-bond donors (Lipinski definition) is 1. The SMILES string of the molecule is CCn1c2c(c3cc(/C=N\N(c4ccccc4)c4cc[nH]n4)ccc31)=CCCC=2. The van der Waals surface area contributed by atoms with Crippen LogP contribution in [0.25, 0.3) is 23.1 Å². The van der Waals surface area contributed by atoms with Gasteiger partial charge in [-0.15, -0.1) is 0 Å². The Labute approximate surface area is 169 Å². The van der Waals surface area contributed by atoms with Crippen molar-refractivity contribution in [1.29, 1.82) is 0 Å². The number of hydrazone groups is 1. The average molecular weight is 381 g/mol. The highest BCUT2D eigenvalue weighted by Crippen LogP contribution is 2.23. The van der Waals surface area contributed by atoms with Crippen LogP contribution >= 0.6 is 0 Å². The maximum atomic E-state index is 4.75. The van der Waals surface area contributed by atoms with Crippen LogP contribution in [0.2, 0.25) is 0 Å². The molecule has 0 spiro atoms. The lowest BCUT2D eigenvalue weighted by Gasteiger charge is -2.15. The monoisotopic (exact) mass is 381 g/mol. The van der Waals surface area contributed by atoms with E-state index in [4.69, 9.17) is 5.10 Å². The molecule has 2 heterocycles. The number of nitrogens with one attached hydrogen (secondary N) is 1. The maximum absolute atomic E-state index is 4.75. The molecule has 0 aliphatic heterocycles. The Bertz CT molecular complexity index is 1280. The van der Waals surface area contributed by atoms with Gasteiger partial charge in [0.15, 0.2) is 5.82 Å². The van der Waals surface area contributed by atoms with Crippen molar-refractivity contribution in [3.63, 3.8) is 0 Å². The third-order valence-electron chi connectivity index (χ3n) is 5.36. The first-order valence-electron chi connectivity index (χ1n) is 10.1. The Morgan fingerprint density at radius 1 is 1.10 bits per heavy atom. The van der Waals surface area contributed by atoms with Crippen LogP contribution in [0.3, 0.4) is 0 Å². The highest BCUT2D eigenvalue weighted by Gasteiger charge is 2.11. The van der Waals surface area contributed by atoms with Crippen LogP contribution in [-0.2, 0) is 6.54 Å². The van der Waals surface area contributed by atoms with Crippen LogP contribution in [0.15, 0.2) is 65.9 Å². The predicted molar refractivity (Wildman–Crippen MR) is 120 cm³/mol. The number of rotatable bonds is 5. The van der Waals surface area contributed by atoms with Crippen molar-refractivity contribution in [2.24, 2.45) is 5.10 Å². The second-order valence-corrected chi connectivity index (χ2v) is 7.13. The molecule has 5 heteroatoms. The molecule has 29 heavy (non-hydrogen) atoms. The van der Waals surface area contributed by atoms with Gasteiger partial charge in [-0.2, -0.15) is 10.2 Å². The molecule has 2 aromatic carbocycles. The zero-order chi connectivity index (χ0) is 19.6. The van der Waals surface area contributed by atoms with Crippen LogP contribution in [0.5, 0.6) is 0 Å². The van der Waals surface area contributed by atoms with Gasteiger partial charge >= 0.3 is 0 Å². The van der Waals surface area contributed by atoms with Crippen molar-refractivity contribution in [3.8, 4) is 0 Å². The van der Waals surface area contributed by atoms with Gasteiger partial charge in [-0.25, -0.2) is 5.01 Å². The lowest BCUT2D eigenvalue weighted by molar-refractivity contribution is 0.766. The van der Waals surface area contributed by atoms with Gasteiger partial charge in [-0.3, -0.25) is 5.10 Å². The normalized spacial score (nSPS) is 13.3. The van der Waals surface area contributed by atoms with E-state index in [2.05, 4.69) is 52.0 Å². The summed E-state index contributed by atoms with van der Waals surface area (Å²) in [7, 11) is 0. The van der Waals surface area contributed by atoms with E-state index in [-0.39, 0.29) is 0 Å². The van der Waals surface area contributed by atoms with Crippen molar-refractivity contribution < 1.29 is 0 Å². The number of aromatic nitrogens is 3. The summed E-state index contributed by atoms with van der Waals surface area (Å²) in [6, 6.07) is 18.6. The summed E-state index contributed by atoms with van der Waals surface area (Å²) < 4.78 is 2.40. The van der Waals surface area contributed by atoms with Gasteiger partial charge in [0.05, 0.1) is 11.9 Å². The molecule has 0 bridgehead atoms. The van der Waals surface area contributed by atoms with Crippen molar-refractivity contribution in [1.82, 2.24) is 14.8 Å². The standard InChI is InChI=1S/C24H23N5/c1-2-28-22-11-7-6-10-20(22)21-16-18(12-13-23(21)28)17-26-29(24-14-15-25-27-24)19-8-4-3-5-9-19/h3-5,8-17H,2,6-7H2,1H3,(H,25,27)/b26-17-. The minimum Gasteiger partial charge on any atom is -0.341 e. The number of nitrogens with zero attached hydrogens (tertiary/aromatic N) is 4. The molecule has 0 fully saturated rings. The van der Waals surface area contributed by atoms with Crippen LogP contribution < -0.4 is 15.6 Å². The van der Waals surface area contributed by atoms with E-state index < -0.39 is 0 Å².